The summed E-state index contributed by atoms with van der Waals surface area (Å²) in [5.74, 6) is 0.313. The number of hydrogen-bond acceptors (Lipinski definition) is 3. The van der Waals surface area contributed by atoms with Crippen LogP contribution in [-0.4, -0.2) is 40.9 Å². The molecule has 116 valence electrons. The molecule has 1 atom stereocenters. The topological polar surface area (TPSA) is 44.7 Å². The maximum atomic E-state index is 9.96. The van der Waals surface area contributed by atoms with Crippen molar-refractivity contribution in [2.45, 2.75) is 38.8 Å². The molecule has 1 saturated heterocycles. The van der Waals surface area contributed by atoms with E-state index in [1.54, 1.807) is 6.07 Å². The number of ether oxygens (including phenoxy) is 1. The number of nitrogens with one attached hydrogen (secondary N) is 1. The molecule has 5 heteroatoms. The van der Waals surface area contributed by atoms with Crippen LogP contribution in [0.3, 0.4) is 0 Å². The van der Waals surface area contributed by atoms with Gasteiger partial charge in [0.1, 0.15) is 5.75 Å². The highest BCUT2D eigenvalue weighted by atomic mass is 32.1. The van der Waals surface area contributed by atoms with Crippen molar-refractivity contribution in [1.29, 1.82) is 0 Å². The lowest BCUT2D eigenvalue weighted by molar-refractivity contribution is 0.0896. The molecule has 0 amide bonds. The first-order chi connectivity index (χ1) is 10.2. The Kier molecular flexibility index (Phi) is 6.26. The van der Waals surface area contributed by atoms with Gasteiger partial charge in [-0.1, -0.05) is 25.1 Å². The second kappa shape index (κ2) is 8.20. The molecule has 1 aliphatic rings. The zero-order valence-corrected chi connectivity index (χ0v) is 13.4. The van der Waals surface area contributed by atoms with Crippen LogP contribution in [-0.2, 0) is 11.3 Å². The summed E-state index contributed by atoms with van der Waals surface area (Å²) in [6, 6.07) is 7.40. The van der Waals surface area contributed by atoms with Crippen LogP contribution in [0.2, 0.25) is 0 Å². The van der Waals surface area contributed by atoms with E-state index in [-0.39, 0.29) is 6.10 Å². The summed E-state index contributed by atoms with van der Waals surface area (Å²) in [5, 5.41) is 14.0. The van der Waals surface area contributed by atoms with Gasteiger partial charge in [-0.2, -0.15) is 0 Å². The minimum atomic E-state index is 0.234. The van der Waals surface area contributed by atoms with Crippen LogP contribution in [0.5, 0.6) is 5.75 Å². The van der Waals surface area contributed by atoms with Crippen molar-refractivity contribution in [2.75, 3.05) is 19.7 Å². The van der Waals surface area contributed by atoms with Gasteiger partial charge < -0.3 is 20.1 Å². The zero-order valence-electron chi connectivity index (χ0n) is 12.5. The number of aromatic hydroxyl groups is 1. The van der Waals surface area contributed by atoms with E-state index in [4.69, 9.17) is 17.0 Å². The molecule has 1 fully saturated rings. The van der Waals surface area contributed by atoms with Crippen molar-refractivity contribution in [3.8, 4) is 5.75 Å². The molecule has 0 aromatic heterocycles. The monoisotopic (exact) mass is 308 g/mol. The number of hydrogen-bond donors (Lipinski definition) is 2. The largest absolute Gasteiger partial charge is 0.508 e. The Morgan fingerprint density at radius 2 is 2.29 bits per heavy atom. The third-order valence-corrected chi connectivity index (χ3v) is 4.02. The molecule has 0 saturated carbocycles. The number of thiocarbonyl (C=S) groups is 1. The van der Waals surface area contributed by atoms with Crippen LogP contribution in [0.4, 0.5) is 0 Å². The van der Waals surface area contributed by atoms with Gasteiger partial charge in [0.15, 0.2) is 5.11 Å². The van der Waals surface area contributed by atoms with Crippen LogP contribution in [0.1, 0.15) is 31.7 Å². The second-order valence-electron chi connectivity index (χ2n) is 5.38. The third-order valence-electron chi connectivity index (χ3n) is 3.61. The fraction of sp³-hybridized carbons (Fsp3) is 0.562. The Balaban J connectivity index is 2.03. The van der Waals surface area contributed by atoms with E-state index < -0.39 is 0 Å². The van der Waals surface area contributed by atoms with Gasteiger partial charge in [-0.05, 0) is 37.5 Å². The highest BCUT2D eigenvalue weighted by Gasteiger charge is 2.21. The molecule has 4 nitrogen and oxygen atoms in total. The Morgan fingerprint density at radius 1 is 1.48 bits per heavy atom. The summed E-state index contributed by atoms with van der Waals surface area (Å²) in [4.78, 5) is 2.09. The average molecular weight is 308 g/mol. The highest BCUT2D eigenvalue weighted by Crippen LogP contribution is 2.20. The van der Waals surface area contributed by atoms with Crippen molar-refractivity contribution in [1.82, 2.24) is 10.2 Å². The standard InChI is InChI=1S/C16H24N2O2S/c1-2-9-17-16(21)18(12-14-7-5-10-20-14)11-13-6-3-4-8-15(13)19/h3-4,6,8,14,19H,2,5,7,9-12H2,1H3,(H,17,21). The molecule has 2 rings (SSSR count). The molecule has 1 aromatic carbocycles. The summed E-state index contributed by atoms with van der Waals surface area (Å²) in [6.07, 6.45) is 3.46. The molecular formula is C16H24N2O2S. The quantitative estimate of drug-likeness (QED) is 0.791. The van der Waals surface area contributed by atoms with E-state index >= 15 is 0 Å². The van der Waals surface area contributed by atoms with E-state index in [0.717, 1.165) is 49.6 Å². The van der Waals surface area contributed by atoms with Crippen LogP contribution in [0.15, 0.2) is 24.3 Å². The lowest BCUT2D eigenvalue weighted by Gasteiger charge is -2.28. The normalized spacial score (nSPS) is 17.7. The first kappa shape index (κ1) is 16.0. The minimum Gasteiger partial charge on any atom is -0.508 e. The number of phenolic OH excluding ortho intramolecular Hbond substituents is 1. The van der Waals surface area contributed by atoms with Crippen LogP contribution in [0.25, 0.3) is 0 Å². The molecule has 1 aliphatic heterocycles. The van der Waals surface area contributed by atoms with Crippen molar-refractivity contribution in [3.63, 3.8) is 0 Å². The molecule has 0 aliphatic carbocycles. The first-order valence-corrected chi connectivity index (χ1v) is 8.02. The van der Waals surface area contributed by atoms with Gasteiger partial charge in [0.05, 0.1) is 6.10 Å². The van der Waals surface area contributed by atoms with E-state index in [9.17, 15) is 5.11 Å². The predicted octanol–water partition coefficient (Wildman–Crippen LogP) is 2.66. The molecule has 1 heterocycles. The number of phenols is 1. The molecule has 21 heavy (non-hydrogen) atoms. The molecule has 1 aromatic rings. The van der Waals surface area contributed by atoms with Gasteiger partial charge >= 0.3 is 0 Å². The summed E-state index contributed by atoms with van der Waals surface area (Å²) in [6.45, 7) is 5.18. The molecule has 2 N–H and O–H groups in total. The minimum absolute atomic E-state index is 0.234. The molecule has 0 radical (unpaired) electrons. The van der Waals surface area contributed by atoms with Crippen molar-refractivity contribution >= 4 is 17.3 Å². The smallest absolute Gasteiger partial charge is 0.169 e. The van der Waals surface area contributed by atoms with Gasteiger partial charge in [0.2, 0.25) is 0 Å². The zero-order chi connectivity index (χ0) is 15.1. The molecular weight excluding hydrogens is 284 g/mol. The summed E-state index contributed by atoms with van der Waals surface area (Å²) in [5.41, 5.74) is 0.885. The summed E-state index contributed by atoms with van der Waals surface area (Å²) in [7, 11) is 0. The van der Waals surface area contributed by atoms with Gasteiger partial charge in [0, 0.05) is 31.8 Å². The lowest BCUT2D eigenvalue weighted by atomic mass is 10.1. The fourth-order valence-electron chi connectivity index (χ4n) is 2.45. The first-order valence-electron chi connectivity index (χ1n) is 7.62. The summed E-state index contributed by atoms with van der Waals surface area (Å²) < 4.78 is 5.71. The molecule has 0 spiro atoms. The van der Waals surface area contributed by atoms with Gasteiger partial charge in [-0.3, -0.25) is 0 Å². The van der Waals surface area contributed by atoms with Crippen molar-refractivity contribution in [3.05, 3.63) is 29.8 Å². The van der Waals surface area contributed by atoms with Gasteiger partial charge in [-0.25, -0.2) is 0 Å². The Morgan fingerprint density at radius 3 is 2.95 bits per heavy atom. The third kappa shape index (κ3) is 4.86. The van der Waals surface area contributed by atoms with Crippen molar-refractivity contribution in [2.24, 2.45) is 0 Å². The SMILES string of the molecule is CCCNC(=S)N(Cc1ccccc1O)CC1CCCO1. The predicted molar refractivity (Wildman–Crippen MR) is 88.4 cm³/mol. The highest BCUT2D eigenvalue weighted by molar-refractivity contribution is 7.80. The lowest BCUT2D eigenvalue weighted by Crippen LogP contribution is -2.43. The molecule has 1 unspecified atom stereocenters. The fourth-order valence-corrected chi connectivity index (χ4v) is 2.69. The van der Waals surface area contributed by atoms with Crippen LogP contribution in [0, 0.1) is 0 Å². The Hall–Kier alpha value is -1.33. The van der Waals surface area contributed by atoms with E-state index in [1.165, 1.54) is 0 Å². The van der Waals surface area contributed by atoms with E-state index in [1.807, 2.05) is 18.2 Å². The second-order valence-corrected chi connectivity index (χ2v) is 5.76. The maximum absolute atomic E-state index is 9.96. The van der Waals surface area contributed by atoms with Crippen molar-refractivity contribution < 1.29 is 9.84 Å². The maximum Gasteiger partial charge on any atom is 0.169 e. The van der Waals surface area contributed by atoms with Crippen LogP contribution < -0.4 is 5.32 Å². The van der Waals surface area contributed by atoms with Gasteiger partial charge in [-0.15, -0.1) is 0 Å². The van der Waals surface area contributed by atoms with Crippen LogP contribution >= 0.6 is 12.2 Å². The summed E-state index contributed by atoms with van der Waals surface area (Å²) >= 11 is 5.50. The van der Waals surface area contributed by atoms with Gasteiger partial charge in [0.25, 0.3) is 0 Å². The number of para-hydroxylation sites is 1. The number of rotatable bonds is 6. The van der Waals surface area contributed by atoms with E-state index in [0.29, 0.717) is 12.3 Å². The number of nitrogens with zero attached hydrogens (tertiary/aromatic N) is 1. The average Bonchev–Trinajstić information content (AvgIpc) is 2.99. The Bertz CT molecular complexity index is 461. The van der Waals surface area contributed by atoms with E-state index in [2.05, 4.69) is 17.1 Å². The molecule has 0 bridgehead atoms. The number of benzene rings is 1. The Labute approximate surface area is 132 Å².